The number of aliphatic hydroxyl groups excluding tert-OH is 1. The summed E-state index contributed by atoms with van der Waals surface area (Å²) in [6.45, 7) is 4.62. The molecule has 8 aromatic carbocycles. The SMILES string of the molecule is CCCCCC/C=C\CCCCC/C=C/C(=O)N[C@H]1[C@H](O[C@H]2[C@H](OCc3ccc(OC)cc3)[C@@H](NC(C)=O)[C@H](O[C@H]3[C@H](OCc4ccc(OC)cc4)[C@@H](NC(C)=O)[C@H](O[C@H]4[C@H](OCc5ccc(OC)cc5)[C@@H](NC(C)=O)[C@H](Oc5ccc(OC)cc5)O[C@@H]4CO)O[C@@H]3COc3ccc(OC)cc3)O[C@@H]2COc2ccc(OC)cc2)O[C@H](COC(C)=O)[C@@H](OCc2ccc(OC)cc2)[C@@H]1OCc1ccc(OC)cc1. The van der Waals surface area contributed by atoms with Gasteiger partial charge in [0.1, 0.15) is 180 Å². The molecule has 0 unspecified atom stereocenters. The molecule has 34 heteroatoms. The minimum absolute atomic E-state index is 0.0579. The molecule has 12 rings (SSSR count). The highest BCUT2D eigenvalue weighted by Crippen LogP contribution is 2.41. The molecule has 143 heavy (non-hydrogen) atoms. The van der Waals surface area contributed by atoms with Crippen LogP contribution in [-0.4, -0.2) is 241 Å². The number of hydrogen-bond acceptors (Lipinski definition) is 30. The Morgan fingerprint density at radius 2 is 0.566 bits per heavy atom. The van der Waals surface area contributed by atoms with E-state index in [1.807, 2.05) is 30.3 Å². The summed E-state index contributed by atoms with van der Waals surface area (Å²) < 4.78 is 159. The molecule has 5 N–H and O–H groups in total. The standard InChI is InChI=1S/C109H138N4O30/c1-14-15-16-17-18-19-20-21-22-23-24-25-26-27-93(119)113-97-102(132-62-74-30-40-79(121-7)41-31-74)98(131-61-73-28-38-78(120-6)39-29-73)90(66-128-72(5)118)138-109(97)143-101-92(68-130-87-56-50-84(126-12)51-57-87)140-108(96(112-71(4)117)105(101)135-65-77-36-46-82(124-10)47-37-77)142-100-91(67-129-86-54-48-83(125-11)49-55-86)139-107(95(111-70(3)116)104(100)134-64-76-34-44-81(123-9)45-35-76)141-99-89(60-114)137-106(136-88-58-52-85(127-13)53-59-88)94(110-69(2)115)103(99)133-63-75-32-42-80(122-8)43-33-75/h19-20,26-59,89-92,94-109,114H,14-18,21-25,60-68H2,1-13H3,(H,110,115)(H,111,116)(H,112,117)(H,113,119)/b20-19-,27-26+/t89-,90-,91-,92-,94-,95-,96-,97-,98-,99-,100-,101-,102-,103-,104-,105-,106-,107+,108+,109+/m1/s1. The van der Waals surface area contributed by atoms with E-state index < -0.39 is 179 Å². The molecular weight excluding hydrogens is 1850 g/mol. The van der Waals surface area contributed by atoms with Gasteiger partial charge in [0.2, 0.25) is 29.9 Å². The summed E-state index contributed by atoms with van der Waals surface area (Å²) in [5.74, 6) is 2.32. The summed E-state index contributed by atoms with van der Waals surface area (Å²) in [4.78, 5) is 72.1. The van der Waals surface area contributed by atoms with Crippen molar-refractivity contribution in [3.05, 3.63) is 246 Å². The topological polar surface area (TPSA) is 375 Å². The molecule has 0 aromatic heterocycles. The maximum Gasteiger partial charge on any atom is 0.302 e. The van der Waals surface area contributed by atoms with Crippen LogP contribution in [0, 0.1) is 0 Å². The molecule has 34 nitrogen and oxygen atoms in total. The number of unbranched alkanes of at least 4 members (excludes halogenated alkanes) is 8. The lowest BCUT2D eigenvalue weighted by Gasteiger charge is -2.53. The number of allylic oxidation sites excluding steroid dienone is 3. The number of benzene rings is 8. The normalized spacial score (nSPS) is 24.2. The Morgan fingerprint density at radius 3 is 0.881 bits per heavy atom. The van der Waals surface area contributed by atoms with Crippen LogP contribution in [0.2, 0.25) is 0 Å². The summed E-state index contributed by atoms with van der Waals surface area (Å²) in [6, 6.07) is 50.5. The molecule has 774 valence electrons. The third kappa shape index (κ3) is 33.2. The summed E-state index contributed by atoms with van der Waals surface area (Å²) >= 11 is 0. The molecule has 8 aromatic rings. The first-order valence-corrected chi connectivity index (χ1v) is 48.4. The van der Waals surface area contributed by atoms with Crippen LogP contribution in [0.3, 0.4) is 0 Å². The van der Waals surface area contributed by atoms with Gasteiger partial charge in [0.15, 0.2) is 18.9 Å². The van der Waals surface area contributed by atoms with Crippen molar-refractivity contribution >= 4 is 29.6 Å². The number of carbonyl (C=O) groups excluding carboxylic acids is 5. The van der Waals surface area contributed by atoms with Gasteiger partial charge in [-0.2, -0.15) is 0 Å². The molecule has 4 heterocycles. The lowest BCUT2D eigenvalue weighted by molar-refractivity contribution is -0.367. The van der Waals surface area contributed by atoms with Gasteiger partial charge in [-0.3, -0.25) is 24.0 Å². The monoisotopic (exact) mass is 1980 g/mol. The van der Waals surface area contributed by atoms with Gasteiger partial charge in [-0.1, -0.05) is 111 Å². The first-order valence-electron chi connectivity index (χ1n) is 48.4. The lowest BCUT2D eigenvalue weighted by Crippen LogP contribution is -2.72. The number of nitrogens with one attached hydrogen (secondary N) is 4. The van der Waals surface area contributed by atoms with Gasteiger partial charge < -0.3 is 140 Å². The van der Waals surface area contributed by atoms with Crippen molar-refractivity contribution in [2.75, 3.05) is 83.3 Å². The highest BCUT2D eigenvalue weighted by molar-refractivity contribution is 5.87. The van der Waals surface area contributed by atoms with E-state index in [0.717, 1.165) is 32.1 Å². The molecule has 0 aliphatic carbocycles. The number of aliphatic hydroxyl groups is 1. The first kappa shape index (κ1) is 110. The third-order valence-corrected chi connectivity index (χ3v) is 24.7. The molecule has 4 aliphatic heterocycles. The van der Waals surface area contributed by atoms with E-state index in [9.17, 15) is 24.3 Å². The molecule has 0 bridgehead atoms. The van der Waals surface area contributed by atoms with Gasteiger partial charge in [0.05, 0.1) is 96.5 Å². The van der Waals surface area contributed by atoms with Crippen molar-refractivity contribution in [2.45, 2.75) is 254 Å². The van der Waals surface area contributed by atoms with E-state index in [1.54, 1.807) is 198 Å². The second-order valence-electron chi connectivity index (χ2n) is 34.9. The summed E-state index contributed by atoms with van der Waals surface area (Å²) in [7, 11) is 12.4. The van der Waals surface area contributed by atoms with Crippen LogP contribution in [0.1, 0.15) is 127 Å². The number of carbonyl (C=O) groups is 5. The van der Waals surface area contributed by atoms with Crippen LogP contribution in [0.4, 0.5) is 0 Å². The fraction of sp³-hybridized carbons (Fsp3) is 0.477. The molecule has 4 saturated heterocycles. The highest BCUT2D eigenvalue weighted by Gasteiger charge is 2.59. The maximum atomic E-state index is 15.4. The van der Waals surface area contributed by atoms with E-state index in [0.29, 0.717) is 97.5 Å². The Labute approximate surface area is 836 Å². The van der Waals surface area contributed by atoms with Gasteiger partial charge in [0, 0.05) is 27.7 Å². The van der Waals surface area contributed by atoms with Crippen LogP contribution in [0.15, 0.2) is 218 Å². The Balaban J connectivity index is 1.01. The Hall–Kier alpha value is -12.1. The van der Waals surface area contributed by atoms with Gasteiger partial charge in [-0.15, -0.1) is 0 Å². The van der Waals surface area contributed by atoms with E-state index >= 15 is 4.79 Å². The number of rotatable bonds is 56. The zero-order chi connectivity index (χ0) is 101. The molecule has 0 radical (unpaired) electrons. The van der Waals surface area contributed by atoms with Crippen LogP contribution < -0.4 is 73.4 Å². The van der Waals surface area contributed by atoms with Crippen LogP contribution in [-0.2, 0) is 119 Å². The summed E-state index contributed by atoms with van der Waals surface area (Å²) in [6.07, 6.45) is -5.54. The summed E-state index contributed by atoms with van der Waals surface area (Å²) in [5.41, 5.74) is 3.28. The van der Waals surface area contributed by atoms with Crippen molar-refractivity contribution < 1.29 is 143 Å². The van der Waals surface area contributed by atoms with Crippen LogP contribution in [0.5, 0.6) is 63.2 Å². The van der Waals surface area contributed by atoms with E-state index in [2.05, 4.69) is 40.3 Å². The highest BCUT2D eigenvalue weighted by atomic mass is 16.8. The third-order valence-electron chi connectivity index (χ3n) is 24.7. The van der Waals surface area contributed by atoms with Crippen molar-refractivity contribution in [1.82, 2.24) is 21.3 Å². The average Bonchev–Trinajstić information content (AvgIpc) is 0.754. The first-order chi connectivity index (χ1) is 69.6. The van der Waals surface area contributed by atoms with Crippen LogP contribution >= 0.6 is 0 Å². The van der Waals surface area contributed by atoms with Crippen LogP contribution in [0.25, 0.3) is 0 Å². The van der Waals surface area contributed by atoms with Gasteiger partial charge in [-0.25, -0.2) is 0 Å². The maximum absolute atomic E-state index is 15.4. The predicted octanol–water partition coefficient (Wildman–Crippen LogP) is 13.9. The zero-order valence-corrected chi connectivity index (χ0v) is 83.6. The largest absolute Gasteiger partial charge is 0.497 e. The lowest BCUT2D eigenvalue weighted by atomic mass is 9.92. The van der Waals surface area contributed by atoms with Crippen molar-refractivity contribution in [1.29, 1.82) is 0 Å². The van der Waals surface area contributed by atoms with Crippen molar-refractivity contribution in [3.8, 4) is 63.2 Å². The number of esters is 1. The van der Waals surface area contributed by atoms with E-state index in [4.69, 9.17) is 114 Å². The molecule has 20 atom stereocenters. The number of methoxy groups -OCH3 is 8. The Bertz CT molecular complexity index is 5180. The van der Waals surface area contributed by atoms with Gasteiger partial charge >= 0.3 is 5.97 Å². The van der Waals surface area contributed by atoms with E-state index in [-0.39, 0.29) is 33.0 Å². The minimum Gasteiger partial charge on any atom is -0.497 e. The predicted molar refractivity (Wildman–Crippen MR) is 526 cm³/mol. The molecule has 4 aliphatic rings. The number of ether oxygens (including phenoxy) is 24. The second-order valence-corrected chi connectivity index (χ2v) is 34.9. The van der Waals surface area contributed by atoms with Gasteiger partial charge in [0.25, 0.3) is 0 Å². The quantitative estimate of drug-likeness (QED) is 0.0102. The molecule has 0 saturated carbocycles. The molecular formula is C109H138N4O30. The molecule has 4 fully saturated rings. The second kappa shape index (κ2) is 57.4. The summed E-state index contributed by atoms with van der Waals surface area (Å²) in [5, 5.41) is 24.4. The van der Waals surface area contributed by atoms with Crippen molar-refractivity contribution in [2.24, 2.45) is 0 Å². The number of amides is 4. The molecule has 0 spiro atoms. The Kier molecular flexibility index (Phi) is 44.0. The zero-order valence-electron chi connectivity index (χ0n) is 83.6. The minimum atomic E-state index is -1.76. The van der Waals surface area contributed by atoms with Crippen molar-refractivity contribution in [3.63, 3.8) is 0 Å². The Morgan fingerprint density at radius 1 is 0.301 bits per heavy atom. The average molecular weight is 1980 g/mol. The fourth-order valence-corrected chi connectivity index (χ4v) is 17.2. The number of hydrogen-bond donors (Lipinski definition) is 5. The van der Waals surface area contributed by atoms with Gasteiger partial charge in [-0.05, 0) is 206 Å². The smallest absolute Gasteiger partial charge is 0.302 e. The van der Waals surface area contributed by atoms with E-state index in [1.165, 1.54) is 87.9 Å². The molecule has 4 amide bonds. The fourth-order valence-electron chi connectivity index (χ4n) is 17.2.